The number of ether oxygens (including phenoxy) is 3. The maximum atomic E-state index is 13.7. The topological polar surface area (TPSA) is 51.2 Å². The van der Waals surface area contributed by atoms with E-state index in [4.69, 9.17) is 14.2 Å². The molecule has 2 aliphatic heterocycles. The van der Waals surface area contributed by atoms with Crippen LogP contribution >= 0.6 is 0 Å². The van der Waals surface area contributed by atoms with Gasteiger partial charge in [0.15, 0.2) is 5.79 Å². The van der Waals surface area contributed by atoms with E-state index in [2.05, 4.69) is 35.2 Å². The number of halogens is 1. The highest BCUT2D eigenvalue weighted by atomic mass is 19.1. The Morgan fingerprint density at radius 1 is 0.902 bits per heavy atom. The molecule has 3 aromatic rings. The second-order valence-electron chi connectivity index (χ2n) is 12.0. The van der Waals surface area contributed by atoms with Crippen LogP contribution in [0.3, 0.4) is 0 Å². The average molecular weight is 556 g/mol. The van der Waals surface area contributed by atoms with Crippen LogP contribution in [0.2, 0.25) is 0 Å². The molecule has 41 heavy (non-hydrogen) atoms. The first-order chi connectivity index (χ1) is 20.1. The van der Waals surface area contributed by atoms with E-state index in [1.165, 1.54) is 33.9 Å². The number of allylic oxidation sites excluding steroid dienone is 1. The summed E-state index contributed by atoms with van der Waals surface area (Å²) < 4.78 is 32.2. The standard InChI is InChI=1S/C35H38FNO4/c36-27-4-2-5-28(22-27)37-18-15-31(23-37)41-30-10-7-25(8-11-30)34-32(6-1-3-26-21-29(38)9-12-33(26)34)24-13-16-35(17-14-24)39-19-20-40-35/h2,4-5,7-12,21-22,24,31,38H,1,3,6,13-20,23H2/t31-/m0/s1. The van der Waals surface area contributed by atoms with Gasteiger partial charge < -0.3 is 24.2 Å². The monoisotopic (exact) mass is 555 g/mol. The molecule has 0 unspecified atom stereocenters. The van der Waals surface area contributed by atoms with Crippen molar-refractivity contribution in [3.05, 3.63) is 94.8 Å². The number of aromatic hydroxyl groups is 1. The third-order valence-corrected chi connectivity index (χ3v) is 9.39. The number of aryl methyl sites for hydroxylation is 1. The number of phenolic OH excluding ortho intramolecular Hbond substituents is 1. The molecule has 2 saturated heterocycles. The SMILES string of the molecule is Oc1ccc2c(c1)CCCC(C1CCC3(CC1)OCCO3)=C2c1ccc(O[C@H]2CCN(c3cccc(F)c3)C2)cc1. The molecule has 5 nitrogen and oxygen atoms in total. The molecule has 6 heteroatoms. The zero-order chi connectivity index (χ0) is 27.8. The van der Waals surface area contributed by atoms with Crippen LogP contribution in [0.1, 0.15) is 61.6 Å². The Kier molecular flexibility index (Phi) is 7.21. The molecule has 0 amide bonds. The van der Waals surface area contributed by atoms with Crippen molar-refractivity contribution in [3.8, 4) is 11.5 Å². The summed E-state index contributed by atoms with van der Waals surface area (Å²) in [6.07, 6.45) is 8.08. The van der Waals surface area contributed by atoms with Crippen LogP contribution < -0.4 is 9.64 Å². The van der Waals surface area contributed by atoms with Crippen molar-refractivity contribution in [2.45, 2.75) is 63.3 Å². The molecule has 1 saturated carbocycles. The summed E-state index contributed by atoms with van der Waals surface area (Å²) >= 11 is 0. The van der Waals surface area contributed by atoms with Crippen molar-refractivity contribution in [3.63, 3.8) is 0 Å². The first kappa shape index (κ1) is 26.5. The number of rotatable bonds is 5. The molecule has 0 radical (unpaired) electrons. The molecule has 2 heterocycles. The van der Waals surface area contributed by atoms with E-state index in [-0.39, 0.29) is 17.7 Å². The summed E-state index contributed by atoms with van der Waals surface area (Å²) in [6.45, 7) is 3.00. The Labute approximate surface area is 241 Å². The number of nitrogens with zero attached hydrogens (tertiary/aromatic N) is 1. The van der Waals surface area contributed by atoms with Gasteiger partial charge in [0.1, 0.15) is 23.4 Å². The molecule has 1 N–H and O–H groups in total. The molecule has 2 aliphatic carbocycles. The van der Waals surface area contributed by atoms with Gasteiger partial charge in [0.2, 0.25) is 0 Å². The van der Waals surface area contributed by atoms with Gasteiger partial charge in [-0.15, -0.1) is 0 Å². The Hall–Kier alpha value is -3.35. The van der Waals surface area contributed by atoms with Crippen LogP contribution in [-0.2, 0) is 15.9 Å². The molecular formula is C35H38FNO4. The number of fused-ring (bicyclic) bond motifs is 1. The smallest absolute Gasteiger partial charge is 0.168 e. The first-order valence-corrected chi connectivity index (χ1v) is 15.2. The van der Waals surface area contributed by atoms with Crippen molar-refractivity contribution in [2.24, 2.45) is 5.92 Å². The number of hydrogen-bond donors (Lipinski definition) is 1. The highest BCUT2D eigenvalue weighted by molar-refractivity contribution is 5.85. The van der Waals surface area contributed by atoms with Gasteiger partial charge in [0, 0.05) is 31.5 Å². The van der Waals surface area contributed by atoms with Crippen LogP contribution in [0.25, 0.3) is 5.57 Å². The summed E-state index contributed by atoms with van der Waals surface area (Å²) in [6, 6.07) is 21.2. The van der Waals surface area contributed by atoms with Crippen molar-refractivity contribution >= 4 is 11.3 Å². The number of hydrogen-bond acceptors (Lipinski definition) is 5. The molecule has 7 rings (SSSR count). The van der Waals surface area contributed by atoms with Gasteiger partial charge in [-0.3, -0.25) is 0 Å². The van der Waals surface area contributed by atoms with E-state index in [9.17, 15) is 9.50 Å². The quantitative estimate of drug-likeness (QED) is 0.359. The lowest BCUT2D eigenvalue weighted by atomic mass is 9.76. The fraction of sp³-hybridized carbons (Fsp3) is 0.429. The third kappa shape index (κ3) is 5.47. The van der Waals surface area contributed by atoms with Gasteiger partial charge >= 0.3 is 0 Å². The normalized spacial score (nSPS) is 22.7. The Morgan fingerprint density at radius 3 is 2.49 bits per heavy atom. The molecule has 3 fully saturated rings. The summed E-state index contributed by atoms with van der Waals surface area (Å²) in [5.74, 6) is 1.10. The van der Waals surface area contributed by atoms with E-state index >= 15 is 0 Å². The van der Waals surface area contributed by atoms with E-state index in [0.717, 1.165) is 75.9 Å². The largest absolute Gasteiger partial charge is 0.508 e. The summed E-state index contributed by atoms with van der Waals surface area (Å²) in [7, 11) is 0. The minimum Gasteiger partial charge on any atom is -0.508 e. The molecule has 214 valence electrons. The molecule has 1 spiro atoms. The highest BCUT2D eigenvalue weighted by Crippen LogP contribution is 2.46. The summed E-state index contributed by atoms with van der Waals surface area (Å²) in [4.78, 5) is 2.19. The molecule has 3 aromatic carbocycles. The lowest BCUT2D eigenvalue weighted by molar-refractivity contribution is -0.180. The second kappa shape index (κ2) is 11.1. The van der Waals surface area contributed by atoms with Gasteiger partial charge in [-0.1, -0.05) is 29.8 Å². The van der Waals surface area contributed by atoms with Crippen molar-refractivity contribution in [1.82, 2.24) is 0 Å². The summed E-state index contributed by atoms with van der Waals surface area (Å²) in [5.41, 5.74) is 7.40. The number of anilines is 1. The maximum Gasteiger partial charge on any atom is 0.168 e. The second-order valence-corrected chi connectivity index (χ2v) is 12.0. The van der Waals surface area contributed by atoms with E-state index in [1.54, 1.807) is 12.1 Å². The van der Waals surface area contributed by atoms with Gasteiger partial charge in [-0.25, -0.2) is 4.39 Å². The third-order valence-electron chi connectivity index (χ3n) is 9.39. The van der Waals surface area contributed by atoms with Crippen molar-refractivity contribution in [2.75, 3.05) is 31.2 Å². The van der Waals surface area contributed by atoms with Crippen LogP contribution in [0.5, 0.6) is 11.5 Å². The minimum atomic E-state index is -0.366. The Morgan fingerprint density at radius 2 is 1.71 bits per heavy atom. The summed E-state index contributed by atoms with van der Waals surface area (Å²) in [5, 5.41) is 10.3. The lowest BCUT2D eigenvalue weighted by Crippen LogP contribution is -2.35. The zero-order valence-corrected chi connectivity index (χ0v) is 23.5. The predicted octanol–water partition coefficient (Wildman–Crippen LogP) is 7.26. The number of phenols is 1. The molecule has 0 aromatic heterocycles. The fourth-order valence-corrected chi connectivity index (χ4v) is 7.36. The van der Waals surface area contributed by atoms with Crippen molar-refractivity contribution < 1.29 is 23.7 Å². The van der Waals surface area contributed by atoms with Crippen LogP contribution in [0, 0.1) is 11.7 Å². The van der Waals surface area contributed by atoms with E-state index < -0.39 is 0 Å². The number of benzene rings is 3. The van der Waals surface area contributed by atoms with E-state index in [1.807, 2.05) is 18.2 Å². The lowest BCUT2D eigenvalue weighted by Gasteiger charge is -2.37. The average Bonchev–Trinajstić information content (AvgIpc) is 3.60. The fourth-order valence-electron chi connectivity index (χ4n) is 7.36. The van der Waals surface area contributed by atoms with E-state index in [0.29, 0.717) is 24.9 Å². The van der Waals surface area contributed by atoms with Gasteiger partial charge in [-0.05, 0) is 103 Å². The molecule has 1 atom stereocenters. The zero-order valence-electron chi connectivity index (χ0n) is 23.5. The van der Waals surface area contributed by atoms with Crippen LogP contribution in [0.15, 0.2) is 72.3 Å². The predicted molar refractivity (Wildman–Crippen MR) is 158 cm³/mol. The molecule has 4 aliphatic rings. The van der Waals surface area contributed by atoms with Gasteiger partial charge in [0.05, 0.1) is 19.8 Å². The molecule has 0 bridgehead atoms. The van der Waals surface area contributed by atoms with Gasteiger partial charge in [0.25, 0.3) is 0 Å². The maximum absolute atomic E-state index is 13.7. The minimum absolute atomic E-state index is 0.0649. The molecular weight excluding hydrogens is 517 g/mol. The highest BCUT2D eigenvalue weighted by Gasteiger charge is 2.41. The van der Waals surface area contributed by atoms with Crippen LogP contribution in [-0.4, -0.2) is 43.3 Å². The Bertz CT molecular complexity index is 1420. The van der Waals surface area contributed by atoms with Crippen LogP contribution in [0.4, 0.5) is 10.1 Å². The Balaban J connectivity index is 1.14. The van der Waals surface area contributed by atoms with Crippen molar-refractivity contribution in [1.29, 1.82) is 0 Å². The first-order valence-electron chi connectivity index (χ1n) is 15.2. The van der Waals surface area contributed by atoms with Gasteiger partial charge in [-0.2, -0.15) is 0 Å².